The fraction of sp³-hybridized carbons (Fsp3) is 0.692. The van der Waals surface area contributed by atoms with Gasteiger partial charge < -0.3 is 0 Å². The molecule has 0 heteroatoms. The van der Waals surface area contributed by atoms with Gasteiger partial charge in [0, 0.05) is 5.41 Å². The molecule has 76 valence electrons. The molecule has 0 heterocycles. The normalized spacial score (nSPS) is 14.6. The Hall–Kier alpha value is -0.520. The molecule has 0 saturated heterocycles. The third kappa shape index (κ3) is 5.68. The van der Waals surface area contributed by atoms with E-state index < -0.39 is 0 Å². The number of rotatable bonds is 3. The molecule has 0 atom stereocenters. The highest BCUT2D eigenvalue weighted by Gasteiger charge is 2.24. The summed E-state index contributed by atoms with van der Waals surface area (Å²) in [6, 6.07) is 0. The van der Waals surface area contributed by atoms with Crippen molar-refractivity contribution >= 4 is 0 Å². The quantitative estimate of drug-likeness (QED) is 0.558. The second kappa shape index (κ2) is 4.64. The van der Waals surface area contributed by atoms with E-state index >= 15 is 0 Å². The summed E-state index contributed by atoms with van der Waals surface area (Å²) >= 11 is 0. The van der Waals surface area contributed by atoms with Crippen LogP contribution < -0.4 is 0 Å². The van der Waals surface area contributed by atoms with E-state index in [1.54, 1.807) is 0 Å². The molecule has 0 unspecified atom stereocenters. The summed E-state index contributed by atoms with van der Waals surface area (Å²) in [7, 11) is 0. The molecule has 0 N–H and O–H groups in total. The Kier molecular flexibility index (Phi) is 4.46. The van der Waals surface area contributed by atoms with E-state index in [0.717, 1.165) is 0 Å². The fourth-order valence-electron chi connectivity index (χ4n) is 2.08. The molecule has 0 bridgehead atoms. The fourth-order valence-corrected chi connectivity index (χ4v) is 2.08. The average Bonchev–Trinajstić information content (AvgIpc) is 1.82. The average molecular weight is 180 g/mol. The zero-order chi connectivity index (χ0) is 10.5. The molecule has 0 nitrogen and oxygen atoms in total. The predicted molar refractivity (Wildman–Crippen MR) is 61.8 cm³/mol. The first kappa shape index (κ1) is 12.5. The van der Waals surface area contributed by atoms with Gasteiger partial charge >= 0.3 is 0 Å². The summed E-state index contributed by atoms with van der Waals surface area (Å²) in [5.41, 5.74) is 0.607. The largest absolute Gasteiger partial charge is 0.0908 e. The van der Waals surface area contributed by atoms with Gasteiger partial charge in [-0.05, 0) is 25.7 Å². The third-order valence-electron chi connectivity index (χ3n) is 2.01. The van der Waals surface area contributed by atoms with Gasteiger partial charge in [0.05, 0.1) is 0 Å². The Balaban J connectivity index is 4.61. The molecule has 0 radical (unpaired) electrons. The Labute approximate surface area is 83.7 Å². The van der Waals surface area contributed by atoms with Crippen LogP contribution in [-0.2, 0) is 0 Å². The number of hydrogen-bond donors (Lipinski definition) is 0. The van der Waals surface area contributed by atoms with Crippen molar-refractivity contribution < 1.29 is 0 Å². The van der Waals surface area contributed by atoms with Crippen LogP contribution in [0.15, 0.2) is 24.3 Å². The molecule has 13 heavy (non-hydrogen) atoms. The van der Waals surface area contributed by atoms with Crippen LogP contribution in [0.25, 0.3) is 0 Å². The van der Waals surface area contributed by atoms with Crippen LogP contribution in [0.3, 0.4) is 0 Å². The van der Waals surface area contributed by atoms with Crippen LogP contribution in [0.5, 0.6) is 0 Å². The maximum Gasteiger partial charge on any atom is 0.00374 e. The van der Waals surface area contributed by atoms with Gasteiger partial charge in [-0.2, -0.15) is 0 Å². The highest BCUT2D eigenvalue weighted by molar-refractivity contribution is 5.09. The third-order valence-corrected chi connectivity index (χ3v) is 2.01. The smallest absolute Gasteiger partial charge is 0.00374 e. The van der Waals surface area contributed by atoms with Crippen molar-refractivity contribution in [3.05, 3.63) is 24.3 Å². The van der Waals surface area contributed by atoms with Crippen molar-refractivity contribution in [2.75, 3.05) is 0 Å². The molecule has 0 aliphatic heterocycles. The minimum absolute atomic E-state index is 0.224. The molecular weight excluding hydrogens is 156 g/mol. The maximum atomic E-state index is 2.29. The lowest BCUT2D eigenvalue weighted by Crippen LogP contribution is -2.19. The van der Waals surface area contributed by atoms with Gasteiger partial charge in [-0.25, -0.2) is 0 Å². The number of hydrogen-bond acceptors (Lipinski definition) is 0. The molecule has 0 rings (SSSR count). The summed E-state index contributed by atoms with van der Waals surface area (Å²) < 4.78 is 0. The lowest BCUT2D eigenvalue weighted by atomic mass is 9.74. The van der Waals surface area contributed by atoms with Crippen molar-refractivity contribution in [1.29, 1.82) is 0 Å². The molecule has 0 amide bonds. The Morgan fingerprint density at radius 2 is 1.23 bits per heavy atom. The van der Waals surface area contributed by atoms with E-state index in [9.17, 15) is 0 Å². The van der Waals surface area contributed by atoms with Crippen LogP contribution in [0, 0.1) is 10.8 Å². The molecule has 0 aromatic heterocycles. The molecular formula is C13H24. The topological polar surface area (TPSA) is 0 Å². The summed E-state index contributed by atoms with van der Waals surface area (Å²) in [4.78, 5) is 0. The van der Waals surface area contributed by atoms with Crippen molar-refractivity contribution in [2.24, 2.45) is 10.8 Å². The standard InChI is InChI=1S/C13H24/c1-7-9-13(6,10-8-2)11-12(3,4)5/h7-10H,11H2,1-6H3/b9-7+,10-8+. The van der Waals surface area contributed by atoms with E-state index in [1.807, 2.05) is 0 Å². The first-order valence-corrected chi connectivity index (χ1v) is 5.11. The Morgan fingerprint density at radius 1 is 0.846 bits per heavy atom. The minimum atomic E-state index is 0.224. The van der Waals surface area contributed by atoms with Crippen LogP contribution >= 0.6 is 0 Å². The van der Waals surface area contributed by atoms with Crippen molar-refractivity contribution in [2.45, 2.75) is 48.0 Å². The molecule has 0 spiro atoms. The molecule has 0 aliphatic carbocycles. The van der Waals surface area contributed by atoms with Crippen molar-refractivity contribution in [3.8, 4) is 0 Å². The summed E-state index contributed by atoms with van der Waals surface area (Å²) in [6.07, 6.45) is 10.1. The van der Waals surface area contributed by atoms with Gasteiger partial charge in [-0.3, -0.25) is 0 Å². The molecule has 0 saturated carbocycles. The van der Waals surface area contributed by atoms with Gasteiger partial charge in [0.2, 0.25) is 0 Å². The van der Waals surface area contributed by atoms with Crippen LogP contribution in [-0.4, -0.2) is 0 Å². The van der Waals surface area contributed by atoms with Crippen LogP contribution in [0.4, 0.5) is 0 Å². The Bertz CT molecular complexity index is 177. The first-order chi connectivity index (χ1) is 5.83. The second-order valence-corrected chi connectivity index (χ2v) is 5.24. The van der Waals surface area contributed by atoms with E-state index in [2.05, 4.69) is 65.8 Å². The molecule has 0 aliphatic rings. The minimum Gasteiger partial charge on any atom is -0.0908 e. The number of allylic oxidation sites excluding steroid dienone is 4. The summed E-state index contributed by atoms with van der Waals surface area (Å²) in [5, 5.41) is 0. The van der Waals surface area contributed by atoms with Gasteiger partial charge in [0.1, 0.15) is 0 Å². The molecule has 0 aromatic rings. The van der Waals surface area contributed by atoms with E-state index in [0.29, 0.717) is 5.41 Å². The maximum absolute atomic E-state index is 2.29. The highest BCUT2D eigenvalue weighted by atomic mass is 14.3. The lowest BCUT2D eigenvalue weighted by Gasteiger charge is -2.30. The van der Waals surface area contributed by atoms with Crippen LogP contribution in [0.1, 0.15) is 48.0 Å². The summed E-state index contributed by atoms with van der Waals surface area (Å²) in [6.45, 7) is 13.3. The van der Waals surface area contributed by atoms with E-state index in [-0.39, 0.29) is 5.41 Å². The Morgan fingerprint density at radius 3 is 1.46 bits per heavy atom. The van der Waals surface area contributed by atoms with Gasteiger partial charge in [-0.15, -0.1) is 0 Å². The van der Waals surface area contributed by atoms with Gasteiger partial charge in [0.15, 0.2) is 0 Å². The zero-order valence-corrected chi connectivity index (χ0v) is 10.0. The van der Waals surface area contributed by atoms with E-state index in [1.165, 1.54) is 6.42 Å². The zero-order valence-electron chi connectivity index (χ0n) is 10.0. The van der Waals surface area contributed by atoms with Gasteiger partial charge in [-0.1, -0.05) is 52.0 Å². The van der Waals surface area contributed by atoms with Crippen LogP contribution in [0.2, 0.25) is 0 Å². The first-order valence-electron chi connectivity index (χ1n) is 5.11. The second-order valence-electron chi connectivity index (χ2n) is 5.24. The van der Waals surface area contributed by atoms with Gasteiger partial charge in [0.25, 0.3) is 0 Å². The molecule has 0 fully saturated rings. The highest BCUT2D eigenvalue weighted by Crippen LogP contribution is 2.35. The van der Waals surface area contributed by atoms with Crippen molar-refractivity contribution in [1.82, 2.24) is 0 Å². The van der Waals surface area contributed by atoms with E-state index in [4.69, 9.17) is 0 Å². The lowest BCUT2D eigenvalue weighted by molar-refractivity contribution is 0.287. The molecule has 0 aromatic carbocycles. The monoisotopic (exact) mass is 180 g/mol. The predicted octanol–water partition coefficient (Wildman–Crippen LogP) is 4.58. The summed E-state index contributed by atoms with van der Waals surface area (Å²) in [5.74, 6) is 0. The SMILES string of the molecule is C/C=C/C(C)(/C=C/C)CC(C)(C)C. The van der Waals surface area contributed by atoms with Crippen molar-refractivity contribution in [3.63, 3.8) is 0 Å².